The van der Waals surface area contributed by atoms with Crippen LogP contribution in [0.5, 0.6) is 5.75 Å². The Balaban J connectivity index is 1.69. The summed E-state index contributed by atoms with van der Waals surface area (Å²) in [5, 5.41) is -5.05. The maximum Gasteiger partial charge on any atom is 0.465 e. The molecule has 0 saturated heterocycles. The molecule has 1 N–H and O–H groups in total. The first-order valence-electron chi connectivity index (χ1n) is 7.82. The minimum absolute atomic E-state index is 0.00261. The molecule has 8 nitrogen and oxygen atoms in total. The number of carbonyl (C=O) groups excluding carboxylic acids is 2. The van der Waals surface area contributed by atoms with Gasteiger partial charge in [-0.2, -0.15) is 17.2 Å². The van der Waals surface area contributed by atoms with E-state index in [0.717, 1.165) is 7.14 Å². The number of benzene rings is 1. The summed E-state index contributed by atoms with van der Waals surface area (Å²) in [6.45, 7) is 0. The molecule has 1 heterocycles. The molecule has 1 fully saturated rings. The van der Waals surface area contributed by atoms with E-state index in [4.69, 9.17) is 14.0 Å². The Labute approximate surface area is 185 Å². The Morgan fingerprint density at radius 1 is 1.21 bits per heavy atom. The number of carbonyl (C=O) groups is 2. The van der Waals surface area contributed by atoms with Crippen molar-refractivity contribution in [1.29, 1.82) is 0 Å². The molecule has 1 saturated carbocycles. The van der Waals surface area contributed by atoms with Crippen LogP contribution in [0.2, 0.25) is 0 Å². The van der Waals surface area contributed by atoms with E-state index in [1.807, 2.05) is 0 Å². The van der Waals surface area contributed by atoms with Gasteiger partial charge in [0.25, 0.3) is 5.79 Å². The number of ether oxygens (including phenoxy) is 3. The second-order valence-electron chi connectivity index (χ2n) is 6.26. The average Bonchev–Trinajstić information content (AvgIpc) is 2.58. The van der Waals surface area contributed by atoms with Crippen molar-refractivity contribution in [3.05, 3.63) is 24.8 Å². The van der Waals surface area contributed by atoms with Gasteiger partial charge in [-0.3, -0.25) is 4.55 Å². The van der Waals surface area contributed by atoms with Crippen LogP contribution in [-0.2, 0) is 24.4 Å². The SMILES string of the molecule is O=C1OC2(CCC(OC(=O)C(F)(F)S(=O)(=O)O)CC2)Oc2cc(I)c(I)cc21. The topological polar surface area (TPSA) is 116 Å². The van der Waals surface area contributed by atoms with E-state index >= 15 is 0 Å². The highest BCUT2D eigenvalue weighted by molar-refractivity contribution is 14.1. The van der Waals surface area contributed by atoms with Crippen LogP contribution in [0.3, 0.4) is 0 Å². The number of hydrogen-bond acceptors (Lipinski definition) is 7. The predicted octanol–water partition coefficient (Wildman–Crippen LogP) is 3.11. The van der Waals surface area contributed by atoms with Crippen LogP contribution in [0, 0.1) is 7.14 Å². The molecule has 1 spiro atoms. The Morgan fingerprint density at radius 2 is 1.79 bits per heavy atom. The normalized spacial score (nSPS) is 24.9. The maximum absolute atomic E-state index is 13.3. The van der Waals surface area contributed by atoms with E-state index in [-0.39, 0.29) is 31.2 Å². The van der Waals surface area contributed by atoms with Gasteiger partial charge in [-0.05, 0) is 70.2 Å². The van der Waals surface area contributed by atoms with Gasteiger partial charge in [0.15, 0.2) is 0 Å². The first-order valence-corrected chi connectivity index (χ1v) is 11.4. The van der Waals surface area contributed by atoms with Gasteiger partial charge in [-0.1, -0.05) is 0 Å². The van der Waals surface area contributed by atoms with E-state index in [1.165, 1.54) is 0 Å². The molecular weight excluding hydrogens is 632 g/mol. The summed E-state index contributed by atoms with van der Waals surface area (Å²) < 4.78 is 73.8. The van der Waals surface area contributed by atoms with E-state index in [9.17, 15) is 26.8 Å². The fraction of sp³-hybridized carbons (Fsp3) is 0.467. The molecule has 2 aliphatic rings. The molecule has 0 amide bonds. The first kappa shape index (κ1) is 21.9. The number of fused-ring (bicyclic) bond motifs is 1. The third-order valence-corrected chi connectivity index (χ3v) is 7.98. The summed E-state index contributed by atoms with van der Waals surface area (Å²) in [5.41, 5.74) is 0.275. The lowest BCUT2D eigenvalue weighted by Crippen LogP contribution is -2.49. The molecular formula is C15H12F2I2O8S. The van der Waals surface area contributed by atoms with Gasteiger partial charge in [0.2, 0.25) is 0 Å². The molecule has 1 aromatic rings. The second kappa shape index (κ2) is 7.46. The maximum atomic E-state index is 13.3. The van der Waals surface area contributed by atoms with Crippen molar-refractivity contribution in [2.45, 2.75) is 42.8 Å². The predicted molar refractivity (Wildman–Crippen MR) is 105 cm³/mol. The molecule has 0 bridgehead atoms. The fourth-order valence-electron chi connectivity index (χ4n) is 2.90. The minimum Gasteiger partial charge on any atom is -0.457 e. The van der Waals surface area contributed by atoms with Gasteiger partial charge in [-0.25, -0.2) is 9.59 Å². The molecule has 1 aliphatic carbocycles. The van der Waals surface area contributed by atoms with Crippen LogP contribution in [0.25, 0.3) is 0 Å². The molecule has 13 heteroatoms. The largest absolute Gasteiger partial charge is 0.465 e. The molecule has 154 valence electrons. The molecule has 0 aromatic heterocycles. The summed E-state index contributed by atoms with van der Waals surface area (Å²) in [4.78, 5) is 23.7. The third kappa shape index (κ3) is 4.07. The molecule has 0 radical (unpaired) electrons. The lowest BCUT2D eigenvalue weighted by molar-refractivity contribution is -0.196. The monoisotopic (exact) mass is 644 g/mol. The van der Waals surface area contributed by atoms with Gasteiger partial charge in [0.05, 0.1) is 0 Å². The van der Waals surface area contributed by atoms with Crippen LogP contribution in [0.4, 0.5) is 8.78 Å². The van der Waals surface area contributed by atoms with Crippen molar-refractivity contribution in [2.24, 2.45) is 0 Å². The lowest BCUT2D eigenvalue weighted by Gasteiger charge is -2.41. The Bertz CT molecular complexity index is 942. The Hall–Kier alpha value is -0.810. The van der Waals surface area contributed by atoms with Gasteiger partial charge in [0, 0.05) is 20.0 Å². The van der Waals surface area contributed by atoms with Crippen molar-refractivity contribution < 1.29 is 45.6 Å². The van der Waals surface area contributed by atoms with Crippen molar-refractivity contribution in [2.75, 3.05) is 0 Å². The number of alkyl halides is 2. The van der Waals surface area contributed by atoms with Crippen molar-refractivity contribution in [3.63, 3.8) is 0 Å². The molecule has 1 aromatic carbocycles. The summed E-state index contributed by atoms with van der Waals surface area (Å²) in [6.07, 6.45) is -0.938. The second-order valence-corrected chi connectivity index (χ2v) is 10.0. The van der Waals surface area contributed by atoms with E-state index < -0.39 is 39.2 Å². The Morgan fingerprint density at radius 3 is 2.36 bits per heavy atom. The first-order chi connectivity index (χ1) is 12.8. The molecule has 1 aliphatic heterocycles. The van der Waals surface area contributed by atoms with Crippen molar-refractivity contribution in [1.82, 2.24) is 0 Å². The van der Waals surface area contributed by atoms with Gasteiger partial charge in [-0.15, -0.1) is 0 Å². The average molecular weight is 644 g/mol. The Kier molecular flexibility index (Phi) is 5.83. The van der Waals surface area contributed by atoms with Crippen LogP contribution in [-0.4, -0.2) is 42.1 Å². The van der Waals surface area contributed by atoms with Crippen LogP contribution in [0.1, 0.15) is 36.0 Å². The van der Waals surface area contributed by atoms with E-state index in [1.54, 1.807) is 12.1 Å². The zero-order chi connectivity index (χ0) is 20.9. The highest BCUT2D eigenvalue weighted by Crippen LogP contribution is 2.42. The fourth-order valence-corrected chi connectivity index (χ4v) is 4.06. The molecule has 28 heavy (non-hydrogen) atoms. The van der Waals surface area contributed by atoms with Crippen LogP contribution >= 0.6 is 45.2 Å². The van der Waals surface area contributed by atoms with Crippen LogP contribution in [0.15, 0.2) is 12.1 Å². The zero-order valence-corrected chi connectivity index (χ0v) is 18.9. The highest BCUT2D eigenvalue weighted by Gasteiger charge is 2.55. The van der Waals surface area contributed by atoms with E-state index in [2.05, 4.69) is 49.9 Å². The lowest BCUT2D eigenvalue weighted by atomic mass is 9.90. The smallest absolute Gasteiger partial charge is 0.457 e. The summed E-state index contributed by atoms with van der Waals surface area (Å²) >= 11 is 4.16. The summed E-state index contributed by atoms with van der Waals surface area (Å²) in [6, 6.07) is 3.33. The number of esters is 2. The highest BCUT2D eigenvalue weighted by atomic mass is 127. The molecule has 0 unspecified atom stereocenters. The number of hydrogen-bond donors (Lipinski definition) is 1. The van der Waals surface area contributed by atoms with Gasteiger partial charge in [0.1, 0.15) is 17.4 Å². The van der Waals surface area contributed by atoms with Crippen molar-refractivity contribution >= 4 is 67.2 Å². The third-order valence-electron chi connectivity index (χ3n) is 4.35. The standard InChI is InChI=1S/C15H12F2I2O8S/c16-15(17,28(22,23)24)13(21)25-7-1-3-14(4-2-7)26-11-6-10(19)9(18)5-8(11)12(20)27-14/h5-7H,1-4H2,(H,22,23,24). The quantitative estimate of drug-likeness (QED) is 0.304. The van der Waals surface area contributed by atoms with E-state index in [0.29, 0.717) is 5.75 Å². The summed E-state index contributed by atoms with van der Waals surface area (Å²) in [7, 11) is -5.93. The minimum atomic E-state index is -5.93. The molecule has 3 rings (SSSR count). The molecule has 0 atom stereocenters. The van der Waals surface area contributed by atoms with Gasteiger partial charge < -0.3 is 14.2 Å². The van der Waals surface area contributed by atoms with Gasteiger partial charge >= 0.3 is 27.3 Å². The number of halogens is 4. The van der Waals surface area contributed by atoms with Crippen LogP contribution < -0.4 is 4.74 Å². The van der Waals surface area contributed by atoms with Crippen molar-refractivity contribution in [3.8, 4) is 5.75 Å². The summed E-state index contributed by atoms with van der Waals surface area (Å²) in [5.74, 6) is -3.90. The zero-order valence-electron chi connectivity index (χ0n) is 13.8. The number of rotatable bonds is 3.